The Kier molecular flexibility index (Phi) is 5.96. The van der Waals surface area contributed by atoms with Crippen LogP contribution in [0.1, 0.15) is 25.8 Å². The van der Waals surface area contributed by atoms with Crippen LogP contribution in [-0.4, -0.2) is 46.0 Å². The van der Waals surface area contributed by atoms with Crippen molar-refractivity contribution in [3.8, 4) is 11.5 Å². The third-order valence-electron chi connectivity index (χ3n) is 4.62. The number of anilines is 1. The molecule has 11 heteroatoms. The summed E-state index contributed by atoms with van der Waals surface area (Å²) in [5.41, 5.74) is 0.638. The number of carbonyl (C=O) groups is 1. The molecular weight excluding hydrogens is 438 g/mol. The lowest BCUT2D eigenvalue weighted by Gasteiger charge is -2.12. The normalized spacial score (nSPS) is 14.8. The molecule has 0 saturated heterocycles. The molecule has 0 spiro atoms. The van der Waals surface area contributed by atoms with Crippen molar-refractivity contribution < 1.29 is 17.9 Å². The van der Waals surface area contributed by atoms with Gasteiger partial charge in [0.15, 0.2) is 9.84 Å². The van der Waals surface area contributed by atoms with Gasteiger partial charge in [0.2, 0.25) is 11.1 Å². The van der Waals surface area contributed by atoms with Crippen molar-refractivity contribution >= 4 is 33.2 Å². The summed E-state index contributed by atoms with van der Waals surface area (Å²) in [6.45, 7) is 1.81. The van der Waals surface area contributed by atoms with Crippen LogP contribution in [-0.2, 0) is 14.6 Å². The van der Waals surface area contributed by atoms with Crippen molar-refractivity contribution in [3.63, 3.8) is 0 Å². The number of ether oxygens (including phenoxy) is 1. The van der Waals surface area contributed by atoms with Crippen LogP contribution < -0.4 is 10.1 Å². The Morgan fingerprint density at radius 2 is 1.74 bits per heavy atom. The molecule has 1 saturated carbocycles. The molecule has 1 aliphatic carbocycles. The van der Waals surface area contributed by atoms with Gasteiger partial charge in [0.1, 0.15) is 11.5 Å². The molecule has 0 aliphatic heterocycles. The Morgan fingerprint density at radius 3 is 2.32 bits per heavy atom. The largest absolute Gasteiger partial charge is 0.457 e. The van der Waals surface area contributed by atoms with E-state index >= 15 is 0 Å². The molecule has 0 bridgehead atoms. The Bertz CT molecular complexity index is 1170. The van der Waals surface area contributed by atoms with Crippen molar-refractivity contribution in [2.24, 2.45) is 0 Å². The monoisotopic (exact) mass is 459 g/mol. The molecule has 1 aromatic heterocycles. The zero-order chi connectivity index (χ0) is 22.0. The molecule has 3 aromatic rings. The predicted molar refractivity (Wildman–Crippen MR) is 116 cm³/mol. The summed E-state index contributed by atoms with van der Waals surface area (Å²) in [5, 5.41) is 14.9. The topological polar surface area (TPSA) is 116 Å². The number of benzene rings is 2. The molecule has 1 heterocycles. The standard InChI is InChI=1S/C20H21N5O4S2/c1-13(30-20-22-23-24-25(20)15-5-6-15)19(26)21-14-3-7-16(8-4-14)29-17-9-11-18(12-10-17)31(2,27)28/h3-4,7-13,15H,5-6H2,1-2H3,(H,21,26)/t13-/m1/s1. The van der Waals surface area contributed by atoms with Gasteiger partial charge in [0.05, 0.1) is 16.2 Å². The van der Waals surface area contributed by atoms with Crippen molar-refractivity contribution in [2.75, 3.05) is 11.6 Å². The molecule has 1 atom stereocenters. The number of sulfone groups is 1. The van der Waals surface area contributed by atoms with Gasteiger partial charge in [0, 0.05) is 11.9 Å². The second-order valence-electron chi connectivity index (χ2n) is 7.26. The number of hydrogen-bond donors (Lipinski definition) is 1. The highest BCUT2D eigenvalue weighted by atomic mass is 32.2. The fourth-order valence-corrected chi connectivity index (χ4v) is 4.25. The van der Waals surface area contributed by atoms with E-state index in [0.717, 1.165) is 19.1 Å². The fraction of sp³-hybridized carbons (Fsp3) is 0.300. The van der Waals surface area contributed by atoms with Gasteiger partial charge in [-0.3, -0.25) is 4.79 Å². The van der Waals surface area contributed by atoms with Gasteiger partial charge in [0.25, 0.3) is 0 Å². The molecule has 0 unspecified atom stereocenters. The third-order valence-corrected chi connectivity index (χ3v) is 6.79. The molecule has 0 radical (unpaired) electrons. The maximum atomic E-state index is 12.5. The van der Waals surface area contributed by atoms with E-state index in [9.17, 15) is 13.2 Å². The number of thioether (sulfide) groups is 1. The highest BCUT2D eigenvalue weighted by molar-refractivity contribution is 8.00. The highest BCUT2D eigenvalue weighted by Gasteiger charge is 2.29. The Labute approximate surface area is 184 Å². The lowest BCUT2D eigenvalue weighted by Crippen LogP contribution is -2.22. The van der Waals surface area contributed by atoms with Crippen LogP contribution in [0.2, 0.25) is 0 Å². The number of carbonyl (C=O) groups excluding carboxylic acids is 1. The first-order valence-electron chi connectivity index (χ1n) is 9.63. The summed E-state index contributed by atoms with van der Waals surface area (Å²) >= 11 is 1.33. The molecule has 4 rings (SSSR count). The van der Waals surface area contributed by atoms with E-state index in [1.54, 1.807) is 41.1 Å². The molecule has 1 fully saturated rings. The predicted octanol–water partition coefficient (Wildman–Crippen LogP) is 3.32. The van der Waals surface area contributed by atoms with E-state index in [1.807, 2.05) is 6.92 Å². The number of nitrogens with one attached hydrogen (secondary N) is 1. The lowest BCUT2D eigenvalue weighted by molar-refractivity contribution is -0.115. The minimum Gasteiger partial charge on any atom is -0.457 e. The van der Waals surface area contributed by atoms with Crippen molar-refractivity contribution in [3.05, 3.63) is 48.5 Å². The van der Waals surface area contributed by atoms with Gasteiger partial charge in [-0.25, -0.2) is 13.1 Å². The Balaban J connectivity index is 1.33. The Hall–Kier alpha value is -2.92. The van der Waals surface area contributed by atoms with Crippen LogP contribution in [0.5, 0.6) is 11.5 Å². The second-order valence-corrected chi connectivity index (χ2v) is 10.6. The van der Waals surface area contributed by atoms with Crippen LogP contribution in [0.15, 0.2) is 58.6 Å². The van der Waals surface area contributed by atoms with E-state index in [0.29, 0.717) is 28.4 Å². The first-order chi connectivity index (χ1) is 14.8. The van der Waals surface area contributed by atoms with E-state index in [4.69, 9.17) is 4.74 Å². The van der Waals surface area contributed by atoms with Gasteiger partial charge in [-0.2, -0.15) is 0 Å². The second kappa shape index (κ2) is 8.67. The van der Waals surface area contributed by atoms with E-state index in [2.05, 4.69) is 20.8 Å². The van der Waals surface area contributed by atoms with Crippen LogP contribution in [0, 0.1) is 0 Å². The quantitative estimate of drug-likeness (QED) is 0.510. The maximum absolute atomic E-state index is 12.5. The fourth-order valence-electron chi connectivity index (χ4n) is 2.76. The molecule has 2 aromatic carbocycles. The first-order valence-corrected chi connectivity index (χ1v) is 12.4. The Morgan fingerprint density at radius 1 is 1.13 bits per heavy atom. The molecule has 31 heavy (non-hydrogen) atoms. The molecule has 162 valence electrons. The van der Waals surface area contributed by atoms with Gasteiger partial charge in [-0.05, 0) is 78.7 Å². The average Bonchev–Trinajstić information content (AvgIpc) is 3.48. The van der Waals surface area contributed by atoms with Crippen molar-refractivity contribution in [1.29, 1.82) is 0 Å². The zero-order valence-electron chi connectivity index (χ0n) is 16.9. The summed E-state index contributed by atoms with van der Waals surface area (Å²) < 4.78 is 30.6. The SMILES string of the molecule is C[C@@H](Sc1nnnn1C1CC1)C(=O)Nc1ccc(Oc2ccc(S(C)(=O)=O)cc2)cc1. The third kappa shape index (κ3) is 5.42. The first kappa shape index (κ1) is 21.3. The zero-order valence-corrected chi connectivity index (χ0v) is 18.6. The van der Waals surface area contributed by atoms with Crippen LogP contribution >= 0.6 is 11.8 Å². The minimum atomic E-state index is -3.25. The molecular formula is C20H21N5O4S2. The van der Waals surface area contributed by atoms with Gasteiger partial charge in [-0.15, -0.1) is 5.10 Å². The van der Waals surface area contributed by atoms with Crippen LogP contribution in [0.4, 0.5) is 5.69 Å². The number of tetrazole rings is 1. The maximum Gasteiger partial charge on any atom is 0.237 e. The number of hydrogen-bond acceptors (Lipinski definition) is 8. The summed E-state index contributed by atoms with van der Waals surface area (Å²) in [6, 6.07) is 13.5. The number of aromatic nitrogens is 4. The smallest absolute Gasteiger partial charge is 0.237 e. The summed E-state index contributed by atoms with van der Waals surface area (Å²) in [5.74, 6) is 0.930. The number of amides is 1. The van der Waals surface area contributed by atoms with E-state index in [1.165, 1.54) is 23.9 Å². The average molecular weight is 460 g/mol. The highest BCUT2D eigenvalue weighted by Crippen LogP contribution is 2.37. The van der Waals surface area contributed by atoms with Gasteiger partial charge >= 0.3 is 0 Å². The summed E-state index contributed by atoms with van der Waals surface area (Å²) in [6.07, 6.45) is 3.29. The molecule has 1 aliphatic rings. The van der Waals surface area contributed by atoms with E-state index in [-0.39, 0.29) is 16.1 Å². The molecule has 9 nitrogen and oxygen atoms in total. The summed E-state index contributed by atoms with van der Waals surface area (Å²) in [4.78, 5) is 12.8. The van der Waals surface area contributed by atoms with E-state index < -0.39 is 9.84 Å². The van der Waals surface area contributed by atoms with Gasteiger partial charge in [-0.1, -0.05) is 11.8 Å². The lowest BCUT2D eigenvalue weighted by atomic mass is 10.3. The van der Waals surface area contributed by atoms with Crippen LogP contribution in [0.3, 0.4) is 0 Å². The summed E-state index contributed by atoms with van der Waals surface area (Å²) in [7, 11) is -3.25. The van der Waals surface area contributed by atoms with Crippen molar-refractivity contribution in [2.45, 2.75) is 41.1 Å². The van der Waals surface area contributed by atoms with Crippen LogP contribution in [0.25, 0.3) is 0 Å². The number of nitrogens with zero attached hydrogens (tertiary/aromatic N) is 4. The van der Waals surface area contributed by atoms with Gasteiger partial charge < -0.3 is 10.1 Å². The molecule has 1 N–H and O–H groups in total. The number of rotatable bonds is 8. The molecule has 1 amide bonds. The van der Waals surface area contributed by atoms with Crippen molar-refractivity contribution in [1.82, 2.24) is 20.2 Å². The minimum absolute atomic E-state index is 0.152.